The first-order valence-corrected chi connectivity index (χ1v) is 7.78. The van der Waals surface area contributed by atoms with Crippen molar-refractivity contribution in [2.75, 3.05) is 19.2 Å². The van der Waals surface area contributed by atoms with E-state index in [0.717, 1.165) is 28.6 Å². The Hall–Kier alpha value is -1.85. The minimum Gasteiger partial charge on any atom is -0.492 e. The topological polar surface area (TPSA) is 53.7 Å². The molecule has 0 amide bonds. The van der Waals surface area contributed by atoms with E-state index in [1.54, 1.807) is 11.8 Å². The molecule has 0 atom stereocenters. The van der Waals surface area contributed by atoms with Crippen LogP contribution in [0.2, 0.25) is 0 Å². The van der Waals surface area contributed by atoms with Gasteiger partial charge in [-0.3, -0.25) is 0 Å². The Balaban J connectivity index is 1.57. The van der Waals surface area contributed by atoms with Gasteiger partial charge in [0.1, 0.15) is 5.75 Å². The molecule has 110 valence electrons. The number of nitrogens with two attached hydrogens (primary N) is 1. The third-order valence-electron chi connectivity index (χ3n) is 3.13. The van der Waals surface area contributed by atoms with Gasteiger partial charge in [0.05, 0.1) is 6.61 Å². The molecule has 1 aliphatic heterocycles. The fourth-order valence-corrected chi connectivity index (χ4v) is 2.84. The van der Waals surface area contributed by atoms with Crippen LogP contribution in [0.15, 0.2) is 47.4 Å². The summed E-state index contributed by atoms with van der Waals surface area (Å²) in [6.45, 7) is 1.29. The Labute approximate surface area is 128 Å². The standard InChI is InChI=1S/C16H17NO3S/c17-10-12-8-15-16(20-11-19-15)9-14(12)18-6-7-21-13-4-2-1-3-5-13/h1-5,8-9H,6-7,10-11,17H2. The molecule has 0 spiro atoms. The van der Waals surface area contributed by atoms with Gasteiger partial charge in [-0.25, -0.2) is 0 Å². The van der Waals surface area contributed by atoms with Crippen LogP contribution < -0.4 is 19.9 Å². The third kappa shape index (κ3) is 3.43. The summed E-state index contributed by atoms with van der Waals surface area (Å²) in [5.41, 5.74) is 6.69. The predicted molar refractivity (Wildman–Crippen MR) is 83.1 cm³/mol. The van der Waals surface area contributed by atoms with Crippen LogP contribution in [-0.4, -0.2) is 19.2 Å². The first kappa shape index (κ1) is 14.1. The van der Waals surface area contributed by atoms with Crippen LogP contribution in [0.5, 0.6) is 17.2 Å². The minimum atomic E-state index is 0.257. The van der Waals surface area contributed by atoms with E-state index >= 15 is 0 Å². The van der Waals surface area contributed by atoms with Crippen LogP contribution in [0.25, 0.3) is 0 Å². The van der Waals surface area contributed by atoms with E-state index in [1.807, 2.05) is 30.3 Å². The molecule has 3 rings (SSSR count). The lowest BCUT2D eigenvalue weighted by Crippen LogP contribution is -2.05. The van der Waals surface area contributed by atoms with Crippen LogP contribution in [-0.2, 0) is 6.54 Å². The molecule has 2 aromatic carbocycles. The highest BCUT2D eigenvalue weighted by Gasteiger charge is 2.17. The molecule has 1 aliphatic rings. The maximum Gasteiger partial charge on any atom is 0.231 e. The van der Waals surface area contributed by atoms with Crippen molar-refractivity contribution >= 4 is 11.8 Å². The van der Waals surface area contributed by atoms with Crippen molar-refractivity contribution in [2.45, 2.75) is 11.4 Å². The highest BCUT2D eigenvalue weighted by Crippen LogP contribution is 2.38. The van der Waals surface area contributed by atoms with Crippen LogP contribution in [0.4, 0.5) is 0 Å². The molecule has 0 radical (unpaired) electrons. The van der Waals surface area contributed by atoms with Gasteiger partial charge in [-0.1, -0.05) is 18.2 Å². The van der Waals surface area contributed by atoms with Gasteiger partial charge in [-0.15, -0.1) is 11.8 Å². The molecular weight excluding hydrogens is 286 g/mol. The number of ether oxygens (including phenoxy) is 3. The largest absolute Gasteiger partial charge is 0.492 e. The zero-order valence-corrected chi connectivity index (χ0v) is 12.4. The lowest BCUT2D eigenvalue weighted by atomic mass is 10.2. The molecule has 2 N–H and O–H groups in total. The third-order valence-corrected chi connectivity index (χ3v) is 4.10. The molecule has 2 aromatic rings. The molecule has 0 aliphatic carbocycles. The Kier molecular flexibility index (Phi) is 4.52. The van der Waals surface area contributed by atoms with Gasteiger partial charge in [0.2, 0.25) is 6.79 Å². The molecule has 1 heterocycles. The Morgan fingerprint density at radius 2 is 1.86 bits per heavy atom. The predicted octanol–water partition coefficient (Wildman–Crippen LogP) is 3.05. The normalized spacial score (nSPS) is 12.4. The number of rotatable bonds is 6. The van der Waals surface area contributed by atoms with E-state index in [1.165, 1.54) is 4.90 Å². The zero-order chi connectivity index (χ0) is 14.5. The fraction of sp³-hybridized carbons (Fsp3) is 0.250. The summed E-state index contributed by atoms with van der Waals surface area (Å²) in [5, 5.41) is 0. The molecule has 0 fully saturated rings. The van der Waals surface area contributed by atoms with Gasteiger partial charge in [-0.05, 0) is 18.2 Å². The van der Waals surface area contributed by atoms with Crippen LogP contribution in [0.3, 0.4) is 0 Å². The lowest BCUT2D eigenvalue weighted by Gasteiger charge is -2.11. The van der Waals surface area contributed by atoms with Crippen molar-refractivity contribution in [1.29, 1.82) is 0 Å². The summed E-state index contributed by atoms with van der Waals surface area (Å²) in [7, 11) is 0. The van der Waals surface area contributed by atoms with Crippen molar-refractivity contribution in [2.24, 2.45) is 5.73 Å². The summed E-state index contributed by atoms with van der Waals surface area (Å²) in [6.07, 6.45) is 0. The van der Waals surface area contributed by atoms with E-state index in [2.05, 4.69) is 12.1 Å². The van der Waals surface area contributed by atoms with Gasteiger partial charge >= 0.3 is 0 Å². The summed E-state index contributed by atoms with van der Waals surface area (Å²) in [5.74, 6) is 3.11. The second-order valence-electron chi connectivity index (χ2n) is 4.53. The highest BCUT2D eigenvalue weighted by molar-refractivity contribution is 7.99. The van der Waals surface area contributed by atoms with Crippen molar-refractivity contribution in [1.82, 2.24) is 0 Å². The van der Waals surface area contributed by atoms with E-state index in [4.69, 9.17) is 19.9 Å². The molecule has 0 unspecified atom stereocenters. The van der Waals surface area contributed by atoms with Gasteiger partial charge in [-0.2, -0.15) is 0 Å². The smallest absolute Gasteiger partial charge is 0.231 e. The van der Waals surface area contributed by atoms with Gasteiger partial charge in [0.25, 0.3) is 0 Å². The number of benzene rings is 2. The average Bonchev–Trinajstić information content (AvgIpc) is 2.99. The van der Waals surface area contributed by atoms with Crippen LogP contribution in [0, 0.1) is 0 Å². The second-order valence-corrected chi connectivity index (χ2v) is 5.70. The summed E-state index contributed by atoms with van der Waals surface area (Å²) >= 11 is 1.77. The molecule has 0 bridgehead atoms. The Bertz CT molecular complexity index is 604. The molecular formula is C16H17NO3S. The SMILES string of the molecule is NCc1cc2c(cc1OCCSc1ccccc1)OCO2. The molecule has 0 aromatic heterocycles. The van der Waals surface area contributed by atoms with Gasteiger partial charge in [0.15, 0.2) is 11.5 Å². The van der Waals surface area contributed by atoms with Crippen LogP contribution in [0.1, 0.15) is 5.56 Å². The van der Waals surface area contributed by atoms with E-state index in [-0.39, 0.29) is 6.79 Å². The summed E-state index contributed by atoms with van der Waals surface area (Å²) in [6, 6.07) is 14.0. The lowest BCUT2D eigenvalue weighted by molar-refractivity contribution is 0.173. The average molecular weight is 303 g/mol. The molecule has 0 saturated heterocycles. The first-order chi connectivity index (χ1) is 10.4. The Morgan fingerprint density at radius 1 is 1.10 bits per heavy atom. The van der Waals surface area contributed by atoms with Crippen LogP contribution >= 0.6 is 11.8 Å². The van der Waals surface area contributed by atoms with Crippen molar-refractivity contribution in [3.8, 4) is 17.2 Å². The maximum absolute atomic E-state index is 5.84. The number of hydrogen-bond donors (Lipinski definition) is 1. The summed E-state index contributed by atoms with van der Waals surface area (Å²) < 4.78 is 16.5. The molecule has 5 heteroatoms. The molecule has 4 nitrogen and oxygen atoms in total. The monoisotopic (exact) mass is 303 g/mol. The quantitative estimate of drug-likeness (QED) is 0.656. The number of thioether (sulfide) groups is 1. The number of fused-ring (bicyclic) bond motifs is 1. The molecule has 0 saturated carbocycles. The van der Waals surface area contributed by atoms with E-state index in [0.29, 0.717) is 13.2 Å². The maximum atomic E-state index is 5.84. The van der Waals surface area contributed by atoms with E-state index in [9.17, 15) is 0 Å². The van der Waals surface area contributed by atoms with Gasteiger partial charge < -0.3 is 19.9 Å². The van der Waals surface area contributed by atoms with Crippen molar-refractivity contribution in [3.63, 3.8) is 0 Å². The minimum absolute atomic E-state index is 0.257. The Morgan fingerprint density at radius 3 is 2.62 bits per heavy atom. The zero-order valence-electron chi connectivity index (χ0n) is 11.6. The fourth-order valence-electron chi connectivity index (χ4n) is 2.09. The van der Waals surface area contributed by atoms with Crippen molar-refractivity contribution in [3.05, 3.63) is 48.0 Å². The van der Waals surface area contributed by atoms with E-state index < -0.39 is 0 Å². The molecule has 21 heavy (non-hydrogen) atoms. The second kappa shape index (κ2) is 6.74. The highest BCUT2D eigenvalue weighted by atomic mass is 32.2. The summed E-state index contributed by atoms with van der Waals surface area (Å²) in [4.78, 5) is 1.24. The number of hydrogen-bond acceptors (Lipinski definition) is 5. The first-order valence-electron chi connectivity index (χ1n) is 6.80. The van der Waals surface area contributed by atoms with Crippen molar-refractivity contribution < 1.29 is 14.2 Å². The van der Waals surface area contributed by atoms with Gasteiger partial charge in [0, 0.05) is 28.8 Å².